The SMILES string of the molecule is NC(=O)c1nn(-c2c(Cl)cc(C(F)(F)F)cc2Cl)c(N)c1S(=O)(=O)OC(F)(F)F. The molecule has 29 heavy (non-hydrogen) atoms. The zero-order valence-corrected chi connectivity index (χ0v) is 15.6. The number of hydrogen-bond donors (Lipinski definition) is 2. The van der Waals surface area contributed by atoms with E-state index in [2.05, 4.69) is 9.28 Å². The highest BCUT2D eigenvalue weighted by atomic mass is 35.5. The van der Waals surface area contributed by atoms with Gasteiger partial charge in [-0.05, 0) is 12.1 Å². The third kappa shape index (κ3) is 4.68. The zero-order chi connectivity index (χ0) is 22.5. The highest BCUT2D eigenvalue weighted by Gasteiger charge is 2.42. The van der Waals surface area contributed by atoms with Crippen LogP contribution in [0.2, 0.25) is 10.0 Å². The van der Waals surface area contributed by atoms with Crippen LogP contribution in [-0.4, -0.2) is 30.5 Å². The summed E-state index contributed by atoms with van der Waals surface area (Å²) in [4.78, 5) is 9.89. The van der Waals surface area contributed by atoms with E-state index in [0.29, 0.717) is 12.1 Å². The molecule has 4 N–H and O–H groups in total. The highest BCUT2D eigenvalue weighted by molar-refractivity contribution is 7.87. The number of carbonyl (C=O) groups excluding carboxylic acids is 1. The Morgan fingerprint density at radius 3 is 1.97 bits per heavy atom. The number of halogens is 8. The van der Waals surface area contributed by atoms with E-state index in [9.17, 15) is 39.6 Å². The summed E-state index contributed by atoms with van der Waals surface area (Å²) in [5, 5.41) is 1.79. The number of nitrogens with two attached hydrogens (primary N) is 2. The maximum Gasteiger partial charge on any atom is 0.537 e. The lowest BCUT2D eigenvalue weighted by atomic mass is 10.2. The van der Waals surface area contributed by atoms with Crippen molar-refractivity contribution in [3.8, 4) is 5.69 Å². The van der Waals surface area contributed by atoms with Gasteiger partial charge in [-0.1, -0.05) is 23.2 Å². The van der Waals surface area contributed by atoms with Crippen LogP contribution in [0, 0.1) is 0 Å². The van der Waals surface area contributed by atoms with Gasteiger partial charge in [-0.3, -0.25) is 4.79 Å². The monoisotopic (exact) mass is 486 g/mol. The number of hydrogen-bond acceptors (Lipinski definition) is 6. The van der Waals surface area contributed by atoms with Crippen LogP contribution in [-0.2, 0) is 20.5 Å². The second kappa shape index (κ2) is 7.23. The first kappa shape index (κ1) is 23.1. The molecule has 1 heterocycles. The Kier molecular flexibility index (Phi) is 5.75. The van der Waals surface area contributed by atoms with Gasteiger partial charge in [0, 0.05) is 0 Å². The molecule has 0 unspecified atom stereocenters. The van der Waals surface area contributed by atoms with E-state index in [-0.39, 0.29) is 4.68 Å². The van der Waals surface area contributed by atoms with Crippen molar-refractivity contribution in [2.24, 2.45) is 5.73 Å². The molecule has 0 atom stereocenters. The minimum atomic E-state index is -5.77. The normalized spacial score (nSPS) is 13.0. The fourth-order valence-electron chi connectivity index (χ4n) is 2.09. The molecule has 0 aliphatic carbocycles. The van der Waals surface area contributed by atoms with Gasteiger partial charge in [0.2, 0.25) is 0 Å². The van der Waals surface area contributed by atoms with Gasteiger partial charge in [0.1, 0.15) is 11.5 Å². The first-order valence-electron chi connectivity index (χ1n) is 6.73. The minimum Gasteiger partial charge on any atom is -0.382 e. The van der Waals surface area contributed by atoms with E-state index >= 15 is 0 Å². The molecule has 0 spiro atoms. The van der Waals surface area contributed by atoms with E-state index in [1.54, 1.807) is 0 Å². The van der Waals surface area contributed by atoms with Crippen molar-refractivity contribution in [1.82, 2.24) is 9.78 Å². The summed E-state index contributed by atoms with van der Waals surface area (Å²) in [6, 6.07) is 0.739. The topological polar surface area (TPSA) is 130 Å². The smallest absolute Gasteiger partial charge is 0.382 e. The van der Waals surface area contributed by atoms with Crippen LogP contribution in [0.5, 0.6) is 0 Å². The molecule has 0 fully saturated rings. The summed E-state index contributed by atoms with van der Waals surface area (Å²) in [6.07, 6.45) is -10.6. The molecule has 0 radical (unpaired) electrons. The van der Waals surface area contributed by atoms with Gasteiger partial charge in [0.05, 0.1) is 15.6 Å². The third-order valence-electron chi connectivity index (χ3n) is 3.12. The van der Waals surface area contributed by atoms with Crippen molar-refractivity contribution in [1.29, 1.82) is 0 Å². The molecule has 8 nitrogen and oxygen atoms in total. The number of carbonyl (C=O) groups is 1. The lowest BCUT2D eigenvalue weighted by molar-refractivity contribution is -0.271. The van der Waals surface area contributed by atoms with Crippen molar-refractivity contribution in [3.05, 3.63) is 33.4 Å². The molecule has 0 saturated heterocycles. The number of benzene rings is 1. The van der Waals surface area contributed by atoms with Crippen LogP contribution in [0.3, 0.4) is 0 Å². The van der Waals surface area contributed by atoms with E-state index < -0.39 is 66.3 Å². The maximum atomic E-state index is 12.8. The number of alkyl halides is 6. The molecule has 2 aromatic rings. The first-order valence-corrected chi connectivity index (χ1v) is 8.89. The minimum absolute atomic E-state index is 0.248. The van der Waals surface area contributed by atoms with Crippen LogP contribution in [0.25, 0.3) is 5.69 Å². The van der Waals surface area contributed by atoms with Crippen molar-refractivity contribution >= 4 is 45.0 Å². The molecular formula is C12H6Cl2F6N4O4S. The summed E-state index contributed by atoms with van der Waals surface area (Å²) in [6.45, 7) is 0. The second-order valence-corrected chi connectivity index (χ2v) is 7.41. The van der Waals surface area contributed by atoms with E-state index in [4.69, 9.17) is 34.7 Å². The molecule has 0 aliphatic rings. The molecule has 1 aromatic heterocycles. The van der Waals surface area contributed by atoms with Crippen LogP contribution < -0.4 is 11.5 Å². The lowest BCUT2D eigenvalue weighted by Gasteiger charge is -2.13. The molecule has 1 amide bonds. The van der Waals surface area contributed by atoms with Gasteiger partial charge in [-0.2, -0.15) is 30.9 Å². The Labute approximate surface area is 167 Å². The molecular weight excluding hydrogens is 481 g/mol. The van der Waals surface area contributed by atoms with Crippen LogP contribution in [0.15, 0.2) is 17.0 Å². The lowest BCUT2D eigenvalue weighted by Crippen LogP contribution is -2.23. The van der Waals surface area contributed by atoms with Gasteiger partial charge >= 0.3 is 22.7 Å². The quantitative estimate of drug-likeness (QED) is 0.504. The average Bonchev–Trinajstić information content (AvgIpc) is 2.81. The Morgan fingerprint density at radius 1 is 1.10 bits per heavy atom. The van der Waals surface area contributed by atoms with Gasteiger partial charge in [-0.25, -0.2) is 4.68 Å². The third-order valence-corrected chi connectivity index (χ3v) is 5.01. The molecule has 0 aliphatic heterocycles. The summed E-state index contributed by atoms with van der Waals surface area (Å²) in [7, 11) is -5.77. The first-order chi connectivity index (χ1) is 13.0. The largest absolute Gasteiger partial charge is 0.537 e. The average molecular weight is 487 g/mol. The van der Waals surface area contributed by atoms with Gasteiger partial charge in [0.15, 0.2) is 10.6 Å². The van der Waals surface area contributed by atoms with Gasteiger partial charge in [0.25, 0.3) is 5.91 Å². The van der Waals surface area contributed by atoms with Crippen molar-refractivity contribution in [2.75, 3.05) is 5.73 Å². The Morgan fingerprint density at radius 2 is 1.59 bits per heavy atom. The van der Waals surface area contributed by atoms with Crippen molar-refractivity contribution in [2.45, 2.75) is 17.4 Å². The maximum absolute atomic E-state index is 12.8. The van der Waals surface area contributed by atoms with Crippen molar-refractivity contribution < 1.29 is 43.7 Å². The fraction of sp³-hybridized carbons (Fsp3) is 0.167. The van der Waals surface area contributed by atoms with Gasteiger partial charge in [-0.15, -0.1) is 13.2 Å². The molecule has 160 valence electrons. The molecule has 17 heteroatoms. The highest BCUT2D eigenvalue weighted by Crippen LogP contribution is 2.39. The zero-order valence-electron chi connectivity index (χ0n) is 13.3. The molecule has 0 bridgehead atoms. The number of nitrogens with zero attached hydrogens (tertiary/aromatic N) is 2. The Bertz CT molecular complexity index is 1070. The van der Waals surface area contributed by atoms with Crippen LogP contribution in [0.1, 0.15) is 16.1 Å². The van der Waals surface area contributed by atoms with Crippen LogP contribution in [0.4, 0.5) is 32.2 Å². The van der Waals surface area contributed by atoms with Gasteiger partial charge < -0.3 is 11.5 Å². The van der Waals surface area contributed by atoms with E-state index in [1.807, 2.05) is 0 Å². The number of primary amides is 1. The predicted octanol–water partition coefficient (Wildman–Crippen LogP) is 3.10. The number of amides is 1. The number of aromatic nitrogens is 2. The van der Waals surface area contributed by atoms with Crippen molar-refractivity contribution in [3.63, 3.8) is 0 Å². The molecule has 0 saturated carbocycles. The Hall–Kier alpha value is -2.23. The summed E-state index contributed by atoms with van der Waals surface area (Å²) < 4.78 is 103. The number of nitrogen functional groups attached to an aromatic ring is 1. The predicted molar refractivity (Wildman–Crippen MR) is 85.8 cm³/mol. The van der Waals surface area contributed by atoms with E-state index in [0.717, 1.165) is 0 Å². The summed E-state index contributed by atoms with van der Waals surface area (Å²) in [5.41, 5.74) is 7.12. The standard InChI is InChI=1S/C12H6Cl2F6N4O4S/c13-4-1-3(11(15,16)17)2-5(14)7(4)24-9(21)8(6(23-24)10(22)25)29(26,27)28-12(18,19)20/h1-2H,21H2,(H2,22,25). The summed E-state index contributed by atoms with van der Waals surface area (Å²) in [5.74, 6) is -2.81. The second-order valence-electron chi connectivity index (χ2n) is 5.11. The number of anilines is 1. The van der Waals surface area contributed by atoms with E-state index in [1.165, 1.54) is 0 Å². The molecule has 2 rings (SSSR count). The molecule has 1 aromatic carbocycles. The fourth-order valence-corrected chi connectivity index (χ4v) is 3.79. The summed E-state index contributed by atoms with van der Waals surface area (Å²) >= 11 is 11.5. The van der Waals surface area contributed by atoms with Crippen LogP contribution >= 0.6 is 23.2 Å². The Balaban J connectivity index is 2.80. The number of rotatable bonds is 4.